The molecule has 208 valence electrons. The van der Waals surface area contributed by atoms with Crippen molar-refractivity contribution in [1.29, 1.82) is 0 Å². The third-order valence-corrected chi connectivity index (χ3v) is 7.24. The SMILES string of the molecule is C#CCCC(=O)NCCc1nc(-c2nc(C(=O)CCCCCCCCCNC(=O)OC(C)(C)C)cs2)cs1. The van der Waals surface area contributed by atoms with Gasteiger partial charge in [-0.05, 0) is 33.6 Å². The lowest BCUT2D eigenvalue weighted by Gasteiger charge is -2.19. The lowest BCUT2D eigenvalue weighted by atomic mass is 10.1. The number of terminal acetylenes is 1. The predicted molar refractivity (Wildman–Crippen MR) is 154 cm³/mol. The first-order valence-electron chi connectivity index (χ1n) is 13.3. The highest BCUT2D eigenvalue weighted by atomic mass is 32.1. The Morgan fingerprint density at radius 1 is 0.921 bits per heavy atom. The number of Topliss-reactive ketones (excluding diaryl/α,β-unsaturated/α-hetero) is 1. The van der Waals surface area contributed by atoms with Gasteiger partial charge in [0.15, 0.2) is 5.78 Å². The molecule has 0 unspecified atom stereocenters. The number of hydrogen-bond donors (Lipinski definition) is 2. The summed E-state index contributed by atoms with van der Waals surface area (Å²) in [4.78, 5) is 44.9. The lowest BCUT2D eigenvalue weighted by Crippen LogP contribution is -2.32. The molecule has 2 heterocycles. The van der Waals surface area contributed by atoms with E-state index in [1.54, 1.807) is 0 Å². The van der Waals surface area contributed by atoms with Crippen molar-refractivity contribution in [2.24, 2.45) is 0 Å². The van der Waals surface area contributed by atoms with Crippen LogP contribution in [0.4, 0.5) is 4.79 Å². The van der Waals surface area contributed by atoms with Crippen LogP contribution in [0.2, 0.25) is 0 Å². The fourth-order valence-electron chi connectivity index (χ4n) is 3.55. The summed E-state index contributed by atoms with van der Waals surface area (Å²) in [6, 6.07) is 0. The van der Waals surface area contributed by atoms with E-state index in [0.29, 0.717) is 44.5 Å². The van der Waals surface area contributed by atoms with Gasteiger partial charge in [-0.25, -0.2) is 14.8 Å². The van der Waals surface area contributed by atoms with Crippen molar-refractivity contribution >= 4 is 40.5 Å². The van der Waals surface area contributed by atoms with Crippen LogP contribution >= 0.6 is 22.7 Å². The first-order valence-corrected chi connectivity index (χ1v) is 15.0. The van der Waals surface area contributed by atoms with Gasteiger partial charge in [-0.2, -0.15) is 0 Å². The van der Waals surface area contributed by atoms with E-state index in [-0.39, 0.29) is 17.8 Å². The number of alkyl carbamates (subject to hydrolysis) is 1. The van der Waals surface area contributed by atoms with Gasteiger partial charge in [0.25, 0.3) is 0 Å². The summed E-state index contributed by atoms with van der Waals surface area (Å²) in [5, 5.41) is 11.0. The van der Waals surface area contributed by atoms with E-state index in [2.05, 4.69) is 26.5 Å². The summed E-state index contributed by atoms with van der Waals surface area (Å²) in [5.41, 5.74) is 0.816. The molecule has 0 aliphatic rings. The van der Waals surface area contributed by atoms with Crippen LogP contribution in [-0.2, 0) is 16.0 Å². The molecular weight excluding hydrogens is 520 g/mol. The van der Waals surface area contributed by atoms with Gasteiger partial charge in [0, 0.05) is 49.5 Å². The molecule has 0 aromatic carbocycles. The highest BCUT2D eigenvalue weighted by molar-refractivity contribution is 7.14. The van der Waals surface area contributed by atoms with E-state index in [4.69, 9.17) is 11.2 Å². The van der Waals surface area contributed by atoms with Crippen molar-refractivity contribution in [3.05, 3.63) is 21.5 Å². The summed E-state index contributed by atoms with van der Waals surface area (Å²) in [5.74, 6) is 2.48. The summed E-state index contributed by atoms with van der Waals surface area (Å²) < 4.78 is 5.21. The smallest absolute Gasteiger partial charge is 0.407 e. The minimum absolute atomic E-state index is 0.0486. The van der Waals surface area contributed by atoms with Crippen LogP contribution in [-0.4, -0.2) is 46.4 Å². The zero-order chi connectivity index (χ0) is 27.8. The molecule has 2 aromatic heterocycles. The molecular formula is C28H40N4O4S2. The number of thiazole rings is 2. The number of ether oxygens (including phenoxy) is 1. The zero-order valence-electron chi connectivity index (χ0n) is 22.8. The van der Waals surface area contributed by atoms with E-state index in [0.717, 1.165) is 60.7 Å². The molecule has 0 saturated carbocycles. The maximum atomic E-state index is 12.6. The fraction of sp³-hybridized carbons (Fsp3) is 0.607. The number of aromatic nitrogens is 2. The Hall–Kier alpha value is -2.77. The summed E-state index contributed by atoms with van der Waals surface area (Å²) >= 11 is 2.96. The fourth-order valence-corrected chi connectivity index (χ4v) is 5.19. The number of nitrogens with one attached hydrogen (secondary N) is 2. The topological polar surface area (TPSA) is 110 Å². The second-order valence-corrected chi connectivity index (χ2v) is 11.8. The minimum atomic E-state index is -0.468. The number of hydrogen-bond acceptors (Lipinski definition) is 8. The van der Waals surface area contributed by atoms with Gasteiger partial charge in [0.05, 0.1) is 5.01 Å². The Bertz CT molecular complexity index is 1070. The predicted octanol–water partition coefficient (Wildman–Crippen LogP) is 6.17. The molecule has 0 atom stereocenters. The average molecular weight is 561 g/mol. The van der Waals surface area contributed by atoms with Crippen LogP contribution in [0, 0.1) is 12.3 Å². The largest absolute Gasteiger partial charge is 0.444 e. The Kier molecular flexibility index (Phi) is 14.0. The lowest BCUT2D eigenvalue weighted by molar-refractivity contribution is -0.120. The van der Waals surface area contributed by atoms with Crippen molar-refractivity contribution in [2.75, 3.05) is 13.1 Å². The molecule has 2 amide bonds. The molecule has 38 heavy (non-hydrogen) atoms. The van der Waals surface area contributed by atoms with Crippen LogP contribution in [0.1, 0.15) is 100 Å². The van der Waals surface area contributed by atoms with Crippen molar-refractivity contribution in [2.45, 2.75) is 97.0 Å². The van der Waals surface area contributed by atoms with Gasteiger partial charge in [-0.1, -0.05) is 32.1 Å². The Labute approximate surface area is 234 Å². The quantitative estimate of drug-likeness (QED) is 0.136. The van der Waals surface area contributed by atoms with Gasteiger partial charge < -0.3 is 15.4 Å². The van der Waals surface area contributed by atoms with Crippen molar-refractivity contribution in [1.82, 2.24) is 20.6 Å². The second kappa shape index (κ2) is 16.9. The van der Waals surface area contributed by atoms with Gasteiger partial charge in [-0.15, -0.1) is 35.0 Å². The standard InChI is InChI=1S/C28H40N4O4S2/c1-5-6-15-24(34)29-18-16-25-31-22(20-37-25)26-32-21(19-38-26)23(33)14-12-10-8-7-9-11-13-17-30-27(35)36-28(2,3)4/h1,19-20H,6-18H2,2-4H3,(H,29,34)(H,30,35). The normalized spacial score (nSPS) is 11.1. The van der Waals surface area contributed by atoms with Crippen LogP contribution in [0.5, 0.6) is 0 Å². The van der Waals surface area contributed by atoms with E-state index in [1.165, 1.54) is 22.7 Å². The Morgan fingerprint density at radius 3 is 2.34 bits per heavy atom. The first kappa shape index (κ1) is 31.4. The van der Waals surface area contributed by atoms with Crippen LogP contribution < -0.4 is 10.6 Å². The maximum Gasteiger partial charge on any atom is 0.407 e. The molecule has 0 aliphatic heterocycles. The highest BCUT2D eigenvalue weighted by Crippen LogP contribution is 2.26. The Balaban J connectivity index is 1.56. The van der Waals surface area contributed by atoms with Crippen molar-refractivity contribution in [3.8, 4) is 23.0 Å². The third kappa shape index (κ3) is 13.2. The first-order chi connectivity index (χ1) is 18.2. The number of rotatable bonds is 17. The maximum absolute atomic E-state index is 12.6. The zero-order valence-corrected chi connectivity index (χ0v) is 24.4. The van der Waals surface area contributed by atoms with Crippen LogP contribution in [0.15, 0.2) is 10.8 Å². The van der Waals surface area contributed by atoms with E-state index >= 15 is 0 Å². The average Bonchev–Trinajstić information content (AvgIpc) is 3.52. The van der Waals surface area contributed by atoms with E-state index in [1.807, 2.05) is 31.5 Å². The number of carbonyl (C=O) groups excluding carboxylic acids is 3. The van der Waals surface area contributed by atoms with Gasteiger partial charge in [0.2, 0.25) is 5.91 Å². The molecule has 0 aliphatic carbocycles. The monoisotopic (exact) mass is 560 g/mol. The van der Waals surface area contributed by atoms with Crippen molar-refractivity contribution in [3.63, 3.8) is 0 Å². The minimum Gasteiger partial charge on any atom is -0.444 e. The molecule has 0 fully saturated rings. The summed E-state index contributed by atoms with van der Waals surface area (Å²) in [6.07, 6.45) is 14.0. The molecule has 2 N–H and O–H groups in total. The van der Waals surface area contributed by atoms with Crippen LogP contribution in [0.3, 0.4) is 0 Å². The number of unbranched alkanes of at least 4 members (excludes halogenated alkanes) is 6. The Morgan fingerprint density at radius 2 is 1.63 bits per heavy atom. The highest BCUT2D eigenvalue weighted by Gasteiger charge is 2.16. The van der Waals surface area contributed by atoms with Gasteiger partial charge in [-0.3, -0.25) is 9.59 Å². The summed E-state index contributed by atoms with van der Waals surface area (Å²) in [6.45, 7) is 6.70. The second-order valence-electron chi connectivity index (χ2n) is 10.0. The van der Waals surface area contributed by atoms with Gasteiger partial charge >= 0.3 is 6.09 Å². The molecule has 2 rings (SSSR count). The molecule has 0 bridgehead atoms. The van der Waals surface area contributed by atoms with Crippen molar-refractivity contribution < 1.29 is 19.1 Å². The molecule has 0 radical (unpaired) electrons. The molecule has 10 heteroatoms. The molecule has 2 aromatic rings. The molecule has 8 nitrogen and oxygen atoms in total. The number of amides is 2. The number of nitrogens with zero attached hydrogens (tertiary/aromatic N) is 2. The van der Waals surface area contributed by atoms with Gasteiger partial charge in [0.1, 0.15) is 22.0 Å². The third-order valence-electron chi connectivity index (χ3n) is 5.47. The summed E-state index contributed by atoms with van der Waals surface area (Å²) in [7, 11) is 0. The number of ketones is 1. The number of carbonyl (C=O) groups is 3. The molecule has 0 spiro atoms. The van der Waals surface area contributed by atoms with E-state index in [9.17, 15) is 14.4 Å². The van der Waals surface area contributed by atoms with E-state index < -0.39 is 5.60 Å². The molecule has 0 saturated heterocycles. The van der Waals surface area contributed by atoms with Crippen LogP contribution in [0.25, 0.3) is 10.7 Å².